The second kappa shape index (κ2) is 7.44. The molecule has 0 aliphatic rings. The van der Waals surface area contributed by atoms with E-state index < -0.39 is 29.3 Å². The first-order valence-electron chi connectivity index (χ1n) is 9.05. The van der Waals surface area contributed by atoms with Crippen molar-refractivity contribution in [1.29, 1.82) is 0 Å². The molecular weight excluding hydrogens is 425 g/mol. The van der Waals surface area contributed by atoms with Gasteiger partial charge in [-0.1, -0.05) is 12.1 Å². The van der Waals surface area contributed by atoms with Crippen molar-refractivity contribution in [3.8, 4) is 11.1 Å². The Kier molecular flexibility index (Phi) is 5.03. The molecule has 4 rings (SSSR count). The molecule has 160 valence electrons. The van der Waals surface area contributed by atoms with E-state index in [9.17, 15) is 30.7 Å². The van der Waals surface area contributed by atoms with Crippen molar-refractivity contribution in [2.45, 2.75) is 18.8 Å². The molecular formula is C23H13F7O. The molecule has 0 radical (unpaired) electrons. The normalized spacial score (nSPS) is 12.5. The molecule has 3 aromatic carbocycles. The van der Waals surface area contributed by atoms with Crippen molar-refractivity contribution in [2.75, 3.05) is 0 Å². The smallest absolute Gasteiger partial charge is 0.416 e. The van der Waals surface area contributed by atoms with Crippen LogP contribution >= 0.6 is 0 Å². The molecule has 4 aromatic rings. The van der Waals surface area contributed by atoms with Gasteiger partial charge in [-0.2, -0.15) is 26.3 Å². The number of rotatable bonds is 3. The molecule has 0 aliphatic carbocycles. The summed E-state index contributed by atoms with van der Waals surface area (Å²) >= 11 is 0. The maximum atomic E-state index is 13.3. The van der Waals surface area contributed by atoms with E-state index in [1.54, 1.807) is 24.3 Å². The van der Waals surface area contributed by atoms with Gasteiger partial charge in [0.1, 0.15) is 11.4 Å². The Morgan fingerprint density at radius 3 is 1.87 bits per heavy atom. The quantitative estimate of drug-likeness (QED) is 0.297. The molecule has 0 saturated carbocycles. The fraction of sp³-hybridized carbons (Fsp3) is 0.130. The Labute approximate surface area is 171 Å². The zero-order valence-corrected chi connectivity index (χ0v) is 15.6. The maximum Gasteiger partial charge on any atom is 0.416 e. The number of hydrogen-bond donors (Lipinski definition) is 0. The van der Waals surface area contributed by atoms with Crippen LogP contribution in [-0.2, 0) is 18.8 Å². The van der Waals surface area contributed by atoms with Gasteiger partial charge in [-0.15, -0.1) is 0 Å². The molecule has 0 aliphatic heterocycles. The average molecular weight is 438 g/mol. The summed E-state index contributed by atoms with van der Waals surface area (Å²) < 4.78 is 98.2. The Hall–Kier alpha value is -3.29. The highest BCUT2D eigenvalue weighted by Gasteiger charge is 2.37. The van der Waals surface area contributed by atoms with Crippen LogP contribution in [0.3, 0.4) is 0 Å². The summed E-state index contributed by atoms with van der Waals surface area (Å²) in [5.74, 6) is -0.418. The Bertz CT molecular complexity index is 1200. The highest BCUT2D eigenvalue weighted by Crippen LogP contribution is 2.40. The number of halogens is 7. The van der Waals surface area contributed by atoms with Gasteiger partial charge in [-0.25, -0.2) is 4.39 Å². The van der Waals surface area contributed by atoms with Crippen LogP contribution in [0.25, 0.3) is 22.1 Å². The lowest BCUT2D eigenvalue weighted by Crippen LogP contribution is -2.11. The summed E-state index contributed by atoms with van der Waals surface area (Å²) in [4.78, 5) is 0. The number of fused-ring (bicyclic) bond motifs is 1. The lowest BCUT2D eigenvalue weighted by atomic mass is 9.94. The van der Waals surface area contributed by atoms with Gasteiger partial charge in [0.05, 0.1) is 17.4 Å². The van der Waals surface area contributed by atoms with Crippen LogP contribution in [0.4, 0.5) is 30.7 Å². The number of alkyl halides is 6. The van der Waals surface area contributed by atoms with Crippen LogP contribution in [0.15, 0.2) is 71.3 Å². The van der Waals surface area contributed by atoms with E-state index in [2.05, 4.69) is 0 Å². The summed E-state index contributed by atoms with van der Waals surface area (Å²) in [5, 5.41) is 0.528. The van der Waals surface area contributed by atoms with Crippen LogP contribution in [0.1, 0.15) is 22.3 Å². The van der Waals surface area contributed by atoms with Crippen LogP contribution in [0.5, 0.6) is 0 Å². The molecule has 0 bridgehead atoms. The molecule has 31 heavy (non-hydrogen) atoms. The van der Waals surface area contributed by atoms with E-state index in [-0.39, 0.29) is 22.8 Å². The summed E-state index contributed by atoms with van der Waals surface area (Å²) in [6, 6.07) is 11.9. The van der Waals surface area contributed by atoms with E-state index in [4.69, 9.17) is 4.42 Å². The minimum Gasteiger partial charge on any atom is -0.464 e. The number of furan rings is 1. The standard InChI is InChI=1S/C23H13F7O/c24-19-3-1-13(2-4-19)7-14-8-15-5-6-31-21(15)20(9-14)16-10-17(22(25,26)27)12-18(11-16)23(28,29)30/h1-6,8-12H,7H2. The molecule has 8 heteroatoms. The van der Waals surface area contributed by atoms with Crippen molar-refractivity contribution in [1.82, 2.24) is 0 Å². The summed E-state index contributed by atoms with van der Waals surface area (Å²) in [5.41, 5.74) is -1.42. The molecule has 1 aromatic heterocycles. The monoisotopic (exact) mass is 438 g/mol. The Balaban J connectivity index is 1.89. The third-order valence-corrected chi connectivity index (χ3v) is 4.83. The number of benzene rings is 3. The summed E-state index contributed by atoms with van der Waals surface area (Å²) in [6.45, 7) is 0. The van der Waals surface area contributed by atoms with Gasteiger partial charge < -0.3 is 4.42 Å². The molecule has 0 atom stereocenters. The minimum absolute atomic E-state index is 0.0885. The van der Waals surface area contributed by atoms with E-state index >= 15 is 0 Å². The molecule has 0 unspecified atom stereocenters. The van der Waals surface area contributed by atoms with Gasteiger partial charge in [0, 0.05) is 10.9 Å². The minimum atomic E-state index is -4.95. The highest BCUT2D eigenvalue weighted by molar-refractivity contribution is 5.93. The second-order valence-electron chi connectivity index (χ2n) is 7.08. The molecule has 0 amide bonds. The number of hydrogen-bond acceptors (Lipinski definition) is 1. The molecule has 1 heterocycles. The van der Waals surface area contributed by atoms with Crippen molar-refractivity contribution < 1.29 is 35.2 Å². The second-order valence-corrected chi connectivity index (χ2v) is 7.08. The first-order chi connectivity index (χ1) is 14.5. The predicted octanol–water partition coefficient (Wildman–Crippen LogP) is 7.87. The SMILES string of the molecule is Fc1ccc(Cc2cc(-c3cc(C(F)(F)F)cc(C(F)(F)F)c3)c3occc3c2)cc1. The highest BCUT2D eigenvalue weighted by atomic mass is 19.4. The lowest BCUT2D eigenvalue weighted by molar-refractivity contribution is -0.143. The molecule has 1 nitrogen and oxygen atoms in total. The fourth-order valence-electron chi connectivity index (χ4n) is 3.41. The molecule has 0 saturated heterocycles. The molecule has 0 fully saturated rings. The van der Waals surface area contributed by atoms with E-state index in [1.165, 1.54) is 24.5 Å². The predicted molar refractivity (Wildman–Crippen MR) is 101 cm³/mol. The first kappa shape index (κ1) is 21.0. The van der Waals surface area contributed by atoms with Crippen molar-refractivity contribution >= 4 is 11.0 Å². The van der Waals surface area contributed by atoms with Gasteiger partial charge in [-0.3, -0.25) is 0 Å². The van der Waals surface area contributed by atoms with Crippen LogP contribution in [-0.4, -0.2) is 0 Å². The average Bonchev–Trinajstić information content (AvgIpc) is 3.16. The third kappa shape index (κ3) is 4.42. The largest absolute Gasteiger partial charge is 0.464 e. The van der Waals surface area contributed by atoms with Crippen LogP contribution in [0, 0.1) is 5.82 Å². The molecule has 0 N–H and O–H groups in total. The van der Waals surface area contributed by atoms with Gasteiger partial charge in [-0.05, 0) is 71.6 Å². The van der Waals surface area contributed by atoms with E-state index in [0.717, 1.165) is 5.56 Å². The zero-order valence-electron chi connectivity index (χ0n) is 15.6. The fourth-order valence-corrected chi connectivity index (χ4v) is 3.41. The van der Waals surface area contributed by atoms with Gasteiger partial charge in [0.25, 0.3) is 0 Å². The van der Waals surface area contributed by atoms with Gasteiger partial charge in [0.2, 0.25) is 0 Å². The van der Waals surface area contributed by atoms with Gasteiger partial charge in [0.15, 0.2) is 0 Å². The Morgan fingerprint density at radius 2 is 1.29 bits per heavy atom. The Morgan fingerprint density at radius 1 is 0.677 bits per heavy atom. The third-order valence-electron chi connectivity index (χ3n) is 4.83. The van der Waals surface area contributed by atoms with E-state index in [1.807, 2.05) is 0 Å². The van der Waals surface area contributed by atoms with Crippen LogP contribution in [0.2, 0.25) is 0 Å². The maximum absolute atomic E-state index is 13.3. The van der Waals surface area contributed by atoms with Gasteiger partial charge >= 0.3 is 12.4 Å². The molecule has 0 spiro atoms. The lowest BCUT2D eigenvalue weighted by Gasteiger charge is -2.15. The van der Waals surface area contributed by atoms with Crippen molar-refractivity contribution in [3.05, 3.63) is 95.0 Å². The first-order valence-corrected chi connectivity index (χ1v) is 9.05. The van der Waals surface area contributed by atoms with Crippen LogP contribution < -0.4 is 0 Å². The summed E-state index contributed by atoms with van der Waals surface area (Å²) in [7, 11) is 0. The topological polar surface area (TPSA) is 13.1 Å². The van der Waals surface area contributed by atoms with Crippen molar-refractivity contribution in [3.63, 3.8) is 0 Å². The van der Waals surface area contributed by atoms with Crippen molar-refractivity contribution in [2.24, 2.45) is 0 Å². The zero-order chi connectivity index (χ0) is 22.4. The van der Waals surface area contributed by atoms with E-state index in [0.29, 0.717) is 29.5 Å². The summed E-state index contributed by atoms with van der Waals surface area (Å²) in [6.07, 6.45) is -8.29.